The van der Waals surface area contributed by atoms with Crippen molar-refractivity contribution >= 4 is 6.29 Å². The normalized spacial score (nSPS) is 19.8. The topological polar surface area (TPSA) is 37.3 Å². The van der Waals surface area contributed by atoms with Gasteiger partial charge in [0.2, 0.25) is 0 Å². The van der Waals surface area contributed by atoms with Gasteiger partial charge < -0.3 is 9.90 Å². The Kier molecular flexibility index (Phi) is 3.46. The van der Waals surface area contributed by atoms with Gasteiger partial charge in [0, 0.05) is 6.42 Å². The number of fused-ring (bicyclic) bond motifs is 1. The Balaban J connectivity index is 2.54. The highest BCUT2D eigenvalue weighted by Crippen LogP contribution is 2.47. The summed E-state index contributed by atoms with van der Waals surface area (Å²) in [7, 11) is 0. The van der Waals surface area contributed by atoms with Crippen LogP contribution < -0.4 is 0 Å². The SMILES string of the molecule is CC1(C)CCC(C)(C)c2cc(CCC=O)c(O)cc21. The third-order valence-corrected chi connectivity index (χ3v) is 4.58. The zero-order valence-electron chi connectivity index (χ0n) is 12.4. The van der Waals surface area contributed by atoms with Crippen LogP contribution in [-0.4, -0.2) is 11.4 Å². The van der Waals surface area contributed by atoms with Crippen molar-refractivity contribution < 1.29 is 9.90 Å². The first-order chi connectivity index (χ1) is 8.78. The van der Waals surface area contributed by atoms with Crippen molar-refractivity contribution in [1.82, 2.24) is 0 Å². The molecule has 2 heteroatoms. The molecule has 1 N–H and O–H groups in total. The summed E-state index contributed by atoms with van der Waals surface area (Å²) in [5.41, 5.74) is 3.76. The lowest BCUT2D eigenvalue weighted by molar-refractivity contribution is -0.107. The monoisotopic (exact) mass is 260 g/mol. The van der Waals surface area contributed by atoms with E-state index in [2.05, 4.69) is 33.8 Å². The molecule has 0 saturated heterocycles. The number of phenolic OH excluding ortho intramolecular Hbond substituents is 1. The molecule has 0 spiro atoms. The molecule has 0 aliphatic heterocycles. The van der Waals surface area contributed by atoms with Crippen molar-refractivity contribution in [2.45, 2.75) is 64.2 Å². The number of aryl methyl sites for hydroxylation is 1. The number of carbonyl (C=O) groups excluding carboxylic acids is 1. The summed E-state index contributed by atoms with van der Waals surface area (Å²) in [5.74, 6) is 0.339. The maximum absolute atomic E-state index is 10.5. The molecule has 1 aromatic carbocycles. The van der Waals surface area contributed by atoms with Gasteiger partial charge in [-0.1, -0.05) is 33.8 Å². The van der Waals surface area contributed by atoms with Crippen LogP contribution in [0.25, 0.3) is 0 Å². The summed E-state index contributed by atoms with van der Waals surface area (Å²) >= 11 is 0. The van der Waals surface area contributed by atoms with Crippen LogP contribution in [0.2, 0.25) is 0 Å². The molecule has 1 aromatic rings. The number of rotatable bonds is 3. The summed E-state index contributed by atoms with van der Waals surface area (Å²) in [6.07, 6.45) is 4.30. The second-order valence-corrected chi connectivity index (χ2v) is 7.00. The Morgan fingerprint density at radius 3 is 2.16 bits per heavy atom. The molecule has 2 nitrogen and oxygen atoms in total. The standard InChI is InChI=1S/C17H24O2/c1-16(2)7-8-17(3,4)14-11-15(19)12(6-5-9-18)10-13(14)16/h9-11,19H,5-8H2,1-4H3. The molecule has 0 bridgehead atoms. The average Bonchev–Trinajstić information content (AvgIpc) is 2.33. The molecular weight excluding hydrogens is 236 g/mol. The highest BCUT2D eigenvalue weighted by atomic mass is 16.3. The van der Waals surface area contributed by atoms with Gasteiger partial charge in [0.05, 0.1) is 0 Å². The highest BCUT2D eigenvalue weighted by molar-refractivity contribution is 5.53. The number of hydrogen-bond acceptors (Lipinski definition) is 2. The fourth-order valence-corrected chi connectivity index (χ4v) is 3.06. The van der Waals surface area contributed by atoms with Gasteiger partial charge in [0.1, 0.15) is 12.0 Å². The summed E-state index contributed by atoms with van der Waals surface area (Å²) in [6, 6.07) is 4.05. The first kappa shape index (κ1) is 14.1. The average molecular weight is 260 g/mol. The Morgan fingerprint density at radius 2 is 1.63 bits per heavy atom. The molecule has 0 heterocycles. The van der Waals surface area contributed by atoms with Crippen LogP contribution in [0.15, 0.2) is 12.1 Å². The first-order valence-electron chi connectivity index (χ1n) is 7.08. The van der Waals surface area contributed by atoms with Crippen molar-refractivity contribution in [2.75, 3.05) is 0 Å². The number of benzene rings is 1. The van der Waals surface area contributed by atoms with Gasteiger partial charge in [-0.15, -0.1) is 0 Å². The van der Waals surface area contributed by atoms with Gasteiger partial charge in [-0.05, 0) is 52.8 Å². The van der Waals surface area contributed by atoms with Gasteiger partial charge in [0.25, 0.3) is 0 Å². The second-order valence-electron chi connectivity index (χ2n) is 7.00. The fourth-order valence-electron chi connectivity index (χ4n) is 3.06. The van der Waals surface area contributed by atoms with Crippen LogP contribution in [0, 0.1) is 0 Å². The van der Waals surface area contributed by atoms with E-state index in [9.17, 15) is 9.90 Å². The molecule has 1 aliphatic carbocycles. The number of aldehydes is 1. The molecular formula is C17H24O2. The fraction of sp³-hybridized carbons (Fsp3) is 0.588. The Bertz CT molecular complexity index is 498. The van der Waals surface area contributed by atoms with Crippen molar-refractivity contribution in [2.24, 2.45) is 0 Å². The van der Waals surface area contributed by atoms with Gasteiger partial charge >= 0.3 is 0 Å². The van der Waals surface area contributed by atoms with Gasteiger partial charge in [-0.2, -0.15) is 0 Å². The third kappa shape index (κ3) is 2.54. The lowest BCUT2D eigenvalue weighted by Gasteiger charge is -2.42. The van der Waals surface area contributed by atoms with E-state index in [4.69, 9.17) is 0 Å². The minimum atomic E-state index is 0.117. The smallest absolute Gasteiger partial charge is 0.120 e. The van der Waals surface area contributed by atoms with E-state index >= 15 is 0 Å². The predicted octanol–water partition coefficient (Wildman–Crippen LogP) is 3.87. The zero-order chi connectivity index (χ0) is 14.3. The number of aromatic hydroxyl groups is 1. The predicted molar refractivity (Wildman–Crippen MR) is 77.8 cm³/mol. The van der Waals surface area contributed by atoms with Crippen LogP contribution in [0.3, 0.4) is 0 Å². The molecule has 0 unspecified atom stereocenters. The molecule has 0 aromatic heterocycles. The molecule has 19 heavy (non-hydrogen) atoms. The van der Waals surface area contributed by atoms with E-state index in [0.717, 1.165) is 24.7 Å². The van der Waals surface area contributed by atoms with Crippen molar-refractivity contribution in [3.63, 3.8) is 0 Å². The quantitative estimate of drug-likeness (QED) is 0.838. The maximum Gasteiger partial charge on any atom is 0.120 e. The molecule has 0 atom stereocenters. The Morgan fingerprint density at radius 1 is 1.11 bits per heavy atom. The molecule has 104 valence electrons. The van der Waals surface area contributed by atoms with E-state index in [-0.39, 0.29) is 10.8 Å². The minimum absolute atomic E-state index is 0.117. The summed E-state index contributed by atoms with van der Waals surface area (Å²) in [5, 5.41) is 10.2. The van der Waals surface area contributed by atoms with Gasteiger partial charge in [-0.25, -0.2) is 0 Å². The maximum atomic E-state index is 10.5. The van der Waals surface area contributed by atoms with Crippen LogP contribution in [0.5, 0.6) is 5.75 Å². The van der Waals surface area contributed by atoms with E-state index < -0.39 is 0 Å². The van der Waals surface area contributed by atoms with Gasteiger partial charge in [-0.3, -0.25) is 0 Å². The van der Waals surface area contributed by atoms with Crippen molar-refractivity contribution in [3.8, 4) is 5.75 Å². The molecule has 0 amide bonds. The number of phenols is 1. The lowest BCUT2D eigenvalue weighted by atomic mass is 9.63. The van der Waals surface area contributed by atoms with Crippen LogP contribution >= 0.6 is 0 Å². The summed E-state index contributed by atoms with van der Waals surface area (Å²) in [4.78, 5) is 10.5. The van der Waals surface area contributed by atoms with E-state index in [0.29, 0.717) is 18.6 Å². The molecule has 0 fully saturated rings. The minimum Gasteiger partial charge on any atom is -0.508 e. The molecule has 0 saturated carbocycles. The van der Waals surface area contributed by atoms with E-state index in [1.54, 1.807) is 0 Å². The summed E-state index contributed by atoms with van der Waals surface area (Å²) < 4.78 is 0. The highest BCUT2D eigenvalue weighted by Gasteiger charge is 2.37. The second kappa shape index (κ2) is 4.66. The van der Waals surface area contributed by atoms with E-state index in [1.807, 2.05) is 6.07 Å². The van der Waals surface area contributed by atoms with Gasteiger partial charge in [0.15, 0.2) is 0 Å². The number of hydrogen-bond donors (Lipinski definition) is 1. The molecule has 0 radical (unpaired) electrons. The Hall–Kier alpha value is -1.31. The van der Waals surface area contributed by atoms with Crippen LogP contribution in [0.1, 0.15) is 63.6 Å². The van der Waals surface area contributed by atoms with Crippen molar-refractivity contribution in [3.05, 3.63) is 28.8 Å². The molecule has 2 rings (SSSR count). The number of carbonyl (C=O) groups is 1. The van der Waals surface area contributed by atoms with Crippen LogP contribution in [0.4, 0.5) is 0 Å². The largest absolute Gasteiger partial charge is 0.508 e. The Labute approximate surface area is 115 Å². The lowest BCUT2D eigenvalue weighted by Crippen LogP contribution is -2.33. The first-order valence-corrected chi connectivity index (χ1v) is 7.08. The van der Waals surface area contributed by atoms with Crippen molar-refractivity contribution in [1.29, 1.82) is 0 Å². The van der Waals surface area contributed by atoms with E-state index in [1.165, 1.54) is 11.1 Å². The molecule has 1 aliphatic rings. The summed E-state index contributed by atoms with van der Waals surface area (Å²) in [6.45, 7) is 9.01. The van der Waals surface area contributed by atoms with Crippen LogP contribution in [-0.2, 0) is 22.0 Å². The zero-order valence-corrected chi connectivity index (χ0v) is 12.4. The third-order valence-electron chi connectivity index (χ3n) is 4.58.